The average molecular weight is 366 g/mol. The van der Waals surface area contributed by atoms with Crippen LogP contribution in [0.4, 0.5) is 18.9 Å². The fourth-order valence-corrected chi connectivity index (χ4v) is 2.12. The van der Waals surface area contributed by atoms with Gasteiger partial charge in [-0.25, -0.2) is 4.99 Å². The van der Waals surface area contributed by atoms with Crippen LogP contribution < -0.4 is 9.47 Å². The number of benzene rings is 2. The standard InChI is InChI=1S/C19H21F3N2O2/c1-13-9-18(14(2)8-17(13)23-12-24(3)4)26-16-7-5-6-15(10-16)25-11-19(20,21)22/h5-10,12H,11H2,1-4H3. The van der Waals surface area contributed by atoms with Crippen LogP contribution in [0.5, 0.6) is 17.2 Å². The number of hydrogen-bond acceptors (Lipinski definition) is 3. The van der Waals surface area contributed by atoms with Crippen LogP contribution in [-0.2, 0) is 0 Å². The van der Waals surface area contributed by atoms with Crippen molar-refractivity contribution in [2.24, 2.45) is 4.99 Å². The Labute approximate surface area is 150 Å². The number of nitrogens with zero attached hydrogens (tertiary/aromatic N) is 2. The molecule has 0 atom stereocenters. The van der Waals surface area contributed by atoms with Gasteiger partial charge in [-0.05, 0) is 49.2 Å². The second-order valence-electron chi connectivity index (χ2n) is 6.09. The molecule has 0 fully saturated rings. The van der Waals surface area contributed by atoms with E-state index in [1.807, 2.05) is 45.0 Å². The molecule has 2 rings (SSSR count). The van der Waals surface area contributed by atoms with Crippen molar-refractivity contribution in [3.05, 3.63) is 47.5 Å². The maximum Gasteiger partial charge on any atom is 0.422 e. The molecular weight excluding hydrogens is 345 g/mol. The summed E-state index contributed by atoms with van der Waals surface area (Å²) in [4.78, 5) is 6.23. The molecule has 4 nitrogen and oxygen atoms in total. The number of hydrogen-bond donors (Lipinski definition) is 0. The van der Waals surface area contributed by atoms with E-state index in [-0.39, 0.29) is 5.75 Å². The molecule has 2 aromatic rings. The van der Waals surface area contributed by atoms with Crippen molar-refractivity contribution >= 4 is 12.0 Å². The highest BCUT2D eigenvalue weighted by atomic mass is 19.4. The number of rotatable bonds is 6. The molecule has 0 spiro atoms. The number of alkyl halides is 3. The lowest BCUT2D eigenvalue weighted by Crippen LogP contribution is -2.19. The lowest BCUT2D eigenvalue weighted by Gasteiger charge is -2.13. The third kappa shape index (κ3) is 5.98. The van der Waals surface area contributed by atoms with Crippen LogP contribution in [0.3, 0.4) is 0 Å². The van der Waals surface area contributed by atoms with Crippen LogP contribution in [0.2, 0.25) is 0 Å². The van der Waals surface area contributed by atoms with Crippen molar-refractivity contribution in [3.8, 4) is 17.2 Å². The van der Waals surface area contributed by atoms with Gasteiger partial charge >= 0.3 is 6.18 Å². The highest BCUT2D eigenvalue weighted by molar-refractivity contribution is 5.64. The van der Waals surface area contributed by atoms with Crippen molar-refractivity contribution in [1.82, 2.24) is 4.90 Å². The Bertz CT molecular complexity index is 787. The molecule has 0 N–H and O–H groups in total. The molecule has 26 heavy (non-hydrogen) atoms. The van der Waals surface area contributed by atoms with Gasteiger partial charge in [0.2, 0.25) is 0 Å². The maximum absolute atomic E-state index is 12.3. The molecule has 0 amide bonds. The number of aliphatic imine (C=N–C) groups is 1. The summed E-state index contributed by atoms with van der Waals surface area (Å²) in [5.41, 5.74) is 2.61. The van der Waals surface area contributed by atoms with Gasteiger partial charge < -0.3 is 14.4 Å². The predicted molar refractivity (Wildman–Crippen MR) is 95.8 cm³/mol. The largest absolute Gasteiger partial charge is 0.484 e. The smallest absolute Gasteiger partial charge is 0.422 e. The average Bonchev–Trinajstić information content (AvgIpc) is 2.54. The van der Waals surface area contributed by atoms with Crippen molar-refractivity contribution in [1.29, 1.82) is 0 Å². The van der Waals surface area contributed by atoms with Crippen molar-refractivity contribution in [3.63, 3.8) is 0 Å². The van der Waals surface area contributed by atoms with E-state index in [0.29, 0.717) is 11.5 Å². The SMILES string of the molecule is Cc1cc(Oc2cccc(OCC(F)(F)F)c2)c(C)cc1N=CN(C)C. The Morgan fingerprint density at radius 1 is 1.04 bits per heavy atom. The molecule has 0 unspecified atom stereocenters. The van der Waals surface area contributed by atoms with Gasteiger partial charge in [0, 0.05) is 20.2 Å². The zero-order valence-corrected chi connectivity index (χ0v) is 15.1. The first-order valence-corrected chi connectivity index (χ1v) is 7.93. The normalized spacial score (nSPS) is 11.7. The van der Waals surface area contributed by atoms with Crippen LogP contribution in [-0.4, -0.2) is 38.1 Å². The first-order chi connectivity index (χ1) is 12.1. The van der Waals surface area contributed by atoms with Gasteiger partial charge in [-0.15, -0.1) is 0 Å². The van der Waals surface area contributed by atoms with Crippen LogP contribution >= 0.6 is 0 Å². The molecule has 0 aliphatic carbocycles. The van der Waals surface area contributed by atoms with Crippen LogP contribution in [0, 0.1) is 13.8 Å². The Hall–Kier alpha value is -2.70. The lowest BCUT2D eigenvalue weighted by atomic mass is 10.1. The maximum atomic E-state index is 12.3. The fraction of sp³-hybridized carbons (Fsp3) is 0.316. The number of halogens is 3. The highest BCUT2D eigenvalue weighted by Crippen LogP contribution is 2.32. The number of ether oxygens (including phenoxy) is 2. The van der Waals surface area contributed by atoms with E-state index in [4.69, 9.17) is 9.47 Å². The highest BCUT2D eigenvalue weighted by Gasteiger charge is 2.28. The third-order valence-electron chi connectivity index (χ3n) is 3.36. The lowest BCUT2D eigenvalue weighted by molar-refractivity contribution is -0.153. The van der Waals surface area contributed by atoms with Gasteiger partial charge in [0.25, 0.3) is 0 Å². The quantitative estimate of drug-likeness (QED) is 0.517. The predicted octanol–water partition coefficient (Wildman–Crippen LogP) is 5.26. The first-order valence-electron chi connectivity index (χ1n) is 7.93. The first kappa shape index (κ1) is 19.6. The Morgan fingerprint density at radius 2 is 1.73 bits per heavy atom. The molecule has 0 bridgehead atoms. The fourth-order valence-electron chi connectivity index (χ4n) is 2.12. The van der Waals surface area contributed by atoms with Crippen LogP contribution in [0.25, 0.3) is 0 Å². The molecular formula is C19H21F3N2O2. The molecule has 2 aromatic carbocycles. The van der Waals surface area contributed by atoms with E-state index in [1.54, 1.807) is 18.5 Å². The summed E-state index contributed by atoms with van der Waals surface area (Å²) in [7, 11) is 3.77. The summed E-state index contributed by atoms with van der Waals surface area (Å²) in [6.45, 7) is 2.46. The van der Waals surface area contributed by atoms with E-state index in [9.17, 15) is 13.2 Å². The molecule has 0 aromatic heterocycles. The van der Waals surface area contributed by atoms with Gasteiger partial charge in [-0.3, -0.25) is 0 Å². The summed E-state index contributed by atoms with van der Waals surface area (Å²) in [5, 5.41) is 0. The Morgan fingerprint density at radius 3 is 2.38 bits per heavy atom. The number of aryl methyl sites for hydroxylation is 2. The summed E-state index contributed by atoms with van der Waals surface area (Å²) < 4.78 is 47.4. The summed E-state index contributed by atoms with van der Waals surface area (Å²) in [6, 6.07) is 9.87. The molecule has 140 valence electrons. The zero-order valence-electron chi connectivity index (χ0n) is 15.1. The second-order valence-corrected chi connectivity index (χ2v) is 6.09. The summed E-state index contributed by atoms with van der Waals surface area (Å²) in [5.74, 6) is 1.11. The van der Waals surface area contributed by atoms with Crippen molar-refractivity contribution in [2.75, 3.05) is 20.7 Å². The van der Waals surface area contributed by atoms with E-state index in [1.165, 1.54) is 12.1 Å². The van der Waals surface area contributed by atoms with E-state index in [2.05, 4.69) is 4.99 Å². The topological polar surface area (TPSA) is 34.1 Å². The molecule has 0 aliphatic rings. The van der Waals surface area contributed by atoms with E-state index < -0.39 is 12.8 Å². The summed E-state index contributed by atoms with van der Waals surface area (Å²) >= 11 is 0. The van der Waals surface area contributed by atoms with Gasteiger partial charge in [-0.1, -0.05) is 6.07 Å². The van der Waals surface area contributed by atoms with Gasteiger partial charge in [0.1, 0.15) is 17.2 Å². The molecule has 0 saturated carbocycles. The van der Waals surface area contributed by atoms with Gasteiger partial charge in [-0.2, -0.15) is 13.2 Å². The van der Waals surface area contributed by atoms with Gasteiger partial charge in [0.15, 0.2) is 6.61 Å². The van der Waals surface area contributed by atoms with Crippen molar-refractivity contribution in [2.45, 2.75) is 20.0 Å². The minimum absolute atomic E-state index is 0.0985. The molecule has 0 saturated heterocycles. The van der Waals surface area contributed by atoms with E-state index in [0.717, 1.165) is 16.8 Å². The monoisotopic (exact) mass is 366 g/mol. The van der Waals surface area contributed by atoms with Crippen molar-refractivity contribution < 1.29 is 22.6 Å². The zero-order chi connectivity index (χ0) is 19.3. The molecule has 0 heterocycles. The third-order valence-corrected chi connectivity index (χ3v) is 3.36. The summed E-state index contributed by atoms with van der Waals surface area (Å²) in [6.07, 6.45) is -2.67. The van der Waals surface area contributed by atoms with Gasteiger partial charge in [0.05, 0.1) is 12.0 Å². The van der Waals surface area contributed by atoms with Crippen LogP contribution in [0.15, 0.2) is 41.4 Å². The minimum Gasteiger partial charge on any atom is -0.484 e. The van der Waals surface area contributed by atoms with Crippen LogP contribution in [0.1, 0.15) is 11.1 Å². The minimum atomic E-state index is -4.38. The van der Waals surface area contributed by atoms with E-state index >= 15 is 0 Å². The molecule has 7 heteroatoms. The molecule has 0 aliphatic heterocycles. The Kier molecular flexibility index (Phi) is 6.13. The Balaban J connectivity index is 2.17. The molecule has 0 radical (unpaired) electrons. The second kappa shape index (κ2) is 8.12.